The molecule has 2 aromatic carbocycles. The molecule has 0 saturated heterocycles. The zero-order valence-electron chi connectivity index (χ0n) is 26.9. The lowest BCUT2D eigenvalue weighted by atomic mass is 9.71. The van der Waals surface area contributed by atoms with Gasteiger partial charge < -0.3 is 15.5 Å². The van der Waals surface area contributed by atoms with Crippen molar-refractivity contribution in [3.05, 3.63) is 81.7 Å². The molecule has 0 aliphatic heterocycles. The molecule has 3 aliphatic rings. The van der Waals surface area contributed by atoms with E-state index in [1.807, 2.05) is 12.1 Å². The SMILES string of the molecule is CC1=C[C@H]2Cc3nc4cc(Cl)ccc4c(NCCCN(C)CCCNc4c5c(nc6ccccc46)CCCC5)c3[C@@H](C1)C2.Cl.Cl.Cl. The third-order valence-corrected chi connectivity index (χ3v) is 10.0. The number of hydrogen-bond donors (Lipinski definition) is 2. The number of fused-ring (bicyclic) bond motifs is 7. The lowest BCUT2D eigenvalue weighted by Gasteiger charge is -2.36. The fourth-order valence-corrected chi connectivity index (χ4v) is 8.05. The summed E-state index contributed by atoms with van der Waals surface area (Å²) in [6, 6.07) is 14.8. The van der Waals surface area contributed by atoms with Crippen LogP contribution in [0.2, 0.25) is 5.02 Å². The Labute approximate surface area is 297 Å². The maximum absolute atomic E-state index is 6.39. The zero-order chi connectivity index (χ0) is 29.3. The van der Waals surface area contributed by atoms with Crippen LogP contribution < -0.4 is 10.6 Å². The number of benzene rings is 2. The molecule has 2 bridgehead atoms. The van der Waals surface area contributed by atoms with Crippen LogP contribution >= 0.6 is 48.8 Å². The highest BCUT2D eigenvalue weighted by Crippen LogP contribution is 2.47. The molecule has 2 N–H and O–H groups in total. The second-order valence-corrected chi connectivity index (χ2v) is 13.6. The van der Waals surface area contributed by atoms with Crippen LogP contribution in [0.1, 0.15) is 73.9 Å². The van der Waals surface area contributed by atoms with Gasteiger partial charge in [-0.1, -0.05) is 41.4 Å². The Kier molecular flexibility index (Phi) is 12.9. The van der Waals surface area contributed by atoms with Crippen LogP contribution in [-0.4, -0.2) is 48.1 Å². The molecule has 2 heterocycles. The van der Waals surface area contributed by atoms with Crippen molar-refractivity contribution in [2.75, 3.05) is 43.9 Å². The minimum absolute atomic E-state index is 0. The van der Waals surface area contributed by atoms with Gasteiger partial charge in [-0.15, -0.1) is 37.2 Å². The maximum Gasteiger partial charge on any atom is 0.0741 e. The lowest BCUT2D eigenvalue weighted by Crippen LogP contribution is -2.26. The number of rotatable bonds is 10. The number of allylic oxidation sites excluding steroid dienone is 2. The summed E-state index contributed by atoms with van der Waals surface area (Å²) in [6.07, 6.45) is 12.9. The number of pyridine rings is 2. The van der Waals surface area contributed by atoms with E-state index < -0.39 is 0 Å². The summed E-state index contributed by atoms with van der Waals surface area (Å²) in [5.74, 6) is 1.18. The molecule has 0 amide bonds. The monoisotopic (exact) mass is 701 g/mol. The molecule has 0 unspecified atom stereocenters. The lowest BCUT2D eigenvalue weighted by molar-refractivity contribution is 0.331. The number of anilines is 2. The van der Waals surface area contributed by atoms with Crippen molar-refractivity contribution in [3.8, 4) is 0 Å². The van der Waals surface area contributed by atoms with Crippen LogP contribution in [0.15, 0.2) is 54.1 Å². The first-order chi connectivity index (χ1) is 21.0. The smallest absolute Gasteiger partial charge is 0.0741 e. The summed E-state index contributed by atoms with van der Waals surface area (Å²) in [5, 5.41) is 11.0. The molecule has 5 nitrogen and oxygen atoms in total. The number of aromatic nitrogens is 2. The van der Waals surface area contributed by atoms with Crippen LogP contribution in [0.4, 0.5) is 11.4 Å². The molecule has 2 atom stereocenters. The molecular formula is C37H47Cl4N5. The molecule has 9 heteroatoms. The molecular weight excluding hydrogens is 656 g/mol. The highest BCUT2D eigenvalue weighted by molar-refractivity contribution is 6.31. The Hall–Kier alpha value is -2.28. The van der Waals surface area contributed by atoms with Gasteiger partial charge in [-0.2, -0.15) is 0 Å². The summed E-state index contributed by atoms with van der Waals surface area (Å²) in [4.78, 5) is 12.6. The molecule has 0 fully saturated rings. The van der Waals surface area contributed by atoms with Crippen molar-refractivity contribution < 1.29 is 0 Å². The Bertz CT molecular complexity index is 1690. The van der Waals surface area contributed by atoms with Crippen LogP contribution in [-0.2, 0) is 19.3 Å². The number of nitrogens with zero attached hydrogens (tertiary/aromatic N) is 3. The normalized spacial score (nSPS) is 18.0. The molecule has 0 saturated carbocycles. The van der Waals surface area contributed by atoms with E-state index >= 15 is 0 Å². The molecule has 2 aromatic heterocycles. The molecule has 7 rings (SSSR count). The maximum atomic E-state index is 6.39. The van der Waals surface area contributed by atoms with E-state index in [-0.39, 0.29) is 37.2 Å². The Balaban J connectivity index is 0.00000160. The third kappa shape index (κ3) is 7.71. The molecule has 4 aromatic rings. The number of halogens is 4. The fourth-order valence-electron chi connectivity index (χ4n) is 7.89. The van der Waals surface area contributed by atoms with Gasteiger partial charge in [-0.25, -0.2) is 0 Å². The summed E-state index contributed by atoms with van der Waals surface area (Å²) in [7, 11) is 2.26. The van der Waals surface area contributed by atoms with Gasteiger partial charge in [-0.3, -0.25) is 9.97 Å². The van der Waals surface area contributed by atoms with Crippen molar-refractivity contribution in [1.29, 1.82) is 0 Å². The van der Waals surface area contributed by atoms with E-state index in [1.54, 1.807) is 0 Å². The van der Waals surface area contributed by atoms with Crippen LogP contribution in [0.3, 0.4) is 0 Å². The largest absolute Gasteiger partial charge is 0.384 e. The van der Waals surface area contributed by atoms with E-state index in [0.717, 1.165) is 80.8 Å². The minimum atomic E-state index is 0. The molecule has 248 valence electrons. The Morgan fingerprint density at radius 3 is 2.33 bits per heavy atom. The first kappa shape index (κ1) is 36.6. The predicted octanol–water partition coefficient (Wildman–Crippen LogP) is 9.81. The predicted molar refractivity (Wildman–Crippen MR) is 204 cm³/mol. The van der Waals surface area contributed by atoms with Crippen LogP contribution in [0, 0.1) is 5.92 Å². The molecule has 46 heavy (non-hydrogen) atoms. The van der Waals surface area contributed by atoms with Gasteiger partial charge in [0.1, 0.15) is 0 Å². The van der Waals surface area contributed by atoms with Crippen LogP contribution in [0.25, 0.3) is 21.8 Å². The van der Waals surface area contributed by atoms with E-state index in [2.05, 4.69) is 65.9 Å². The molecule has 0 radical (unpaired) electrons. The molecule has 0 spiro atoms. The zero-order valence-corrected chi connectivity index (χ0v) is 30.1. The first-order valence-corrected chi connectivity index (χ1v) is 16.8. The van der Waals surface area contributed by atoms with Crippen molar-refractivity contribution in [3.63, 3.8) is 0 Å². The van der Waals surface area contributed by atoms with E-state index in [4.69, 9.17) is 21.6 Å². The van der Waals surface area contributed by atoms with Crippen molar-refractivity contribution >= 4 is 82.0 Å². The number of para-hydroxylation sites is 1. The number of nitrogens with one attached hydrogen (secondary N) is 2. The van der Waals surface area contributed by atoms with E-state index in [0.29, 0.717) is 11.8 Å². The van der Waals surface area contributed by atoms with Gasteiger partial charge in [0.05, 0.1) is 11.0 Å². The summed E-state index contributed by atoms with van der Waals surface area (Å²) in [5.41, 5.74) is 11.8. The summed E-state index contributed by atoms with van der Waals surface area (Å²) < 4.78 is 0. The van der Waals surface area contributed by atoms with E-state index in [9.17, 15) is 0 Å². The fraction of sp³-hybridized carbons (Fsp3) is 0.459. The van der Waals surface area contributed by atoms with Crippen molar-refractivity contribution in [2.24, 2.45) is 5.92 Å². The van der Waals surface area contributed by atoms with Gasteiger partial charge in [0, 0.05) is 57.2 Å². The second-order valence-electron chi connectivity index (χ2n) is 13.1. The van der Waals surface area contributed by atoms with Gasteiger partial charge in [-0.05, 0) is 127 Å². The van der Waals surface area contributed by atoms with Crippen molar-refractivity contribution in [2.45, 2.75) is 70.6 Å². The van der Waals surface area contributed by atoms with Crippen molar-refractivity contribution in [1.82, 2.24) is 14.9 Å². The second kappa shape index (κ2) is 16.2. The Morgan fingerprint density at radius 2 is 1.52 bits per heavy atom. The highest BCUT2D eigenvalue weighted by atomic mass is 35.5. The van der Waals surface area contributed by atoms with Crippen LogP contribution in [0.5, 0.6) is 0 Å². The summed E-state index contributed by atoms with van der Waals surface area (Å²) in [6.45, 7) is 6.39. The average Bonchev–Trinajstić information content (AvgIpc) is 3.00. The topological polar surface area (TPSA) is 53.1 Å². The minimum Gasteiger partial charge on any atom is -0.384 e. The summed E-state index contributed by atoms with van der Waals surface area (Å²) >= 11 is 6.39. The van der Waals surface area contributed by atoms with Gasteiger partial charge in [0.25, 0.3) is 0 Å². The quantitative estimate of drug-likeness (QED) is 0.127. The highest BCUT2D eigenvalue weighted by Gasteiger charge is 2.33. The van der Waals surface area contributed by atoms with Gasteiger partial charge in [0.15, 0.2) is 0 Å². The van der Waals surface area contributed by atoms with Gasteiger partial charge in [0.2, 0.25) is 0 Å². The van der Waals surface area contributed by atoms with Gasteiger partial charge >= 0.3 is 0 Å². The third-order valence-electron chi connectivity index (χ3n) is 9.81. The first-order valence-electron chi connectivity index (χ1n) is 16.4. The molecule has 3 aliphatic carbocycles. The standard InChI is InChI=1S/C37H44ClN5.3ClH/c1-24-19-25-21-26(20-24)35-34(22-25)42-33-23-27(38)13-14-30(33)37(35)40-16-8-18-43(2)17-7-15-39-36-28-9-3-5-11-31(28)41-32-12-6-4-10-29(32)36;;;/h3,5,9,11,13-14,19,23,25-26H,4,6-8,10,12,15-18,20-22H2,1-2H3,(H,39,41)(H,40,42);3*1H/t25-,26+;;;/m1.../s1. The van der Waals surface area contributed by atoms with E-state index in [1.165, 1.54) is 69.5 Å². The average molecular weight is 704 g/mol. The number of aryl methyl sites for hydroxylation is 1. The Morgan fingerprint density at radius 1 is 0.826 bits per heavy atom. The number of hydrogen-bond acceptors (Lipinski definition) is 5.